The van der Waals surface area contributed by atoms with Crippen molar-refractivity contribution in [3.63, 3.8) is 0 Å². The van der Waals surface area contributed by atoms with E-state index >= 15 is 0 Å². The van der Waals surface area contributed by atoms with E-state index in [1.165, 1.54) is 38.5 Å². The van der Waals surface area contributed by atoms with Crippen molar-refractivity contribution in [2.75, 3.05) is 6.54 Å². The van der Waals surface area contributed by atoms with Crippen molar-refractivity contribution in [3.05, 3.63) is 45.0 Å². The average Bonchev–Trinajstić information content (AvgIpc) is 3.62. The molecule has 2 aliphatic rings. The van der Waals surface area contributed by atoms with Gasteiger partial charge in [-0.05, 0) is 6.42 Å². The van der Waals surface area contributed by atoms with Crippen LogP contribution in [0, 0.1) is 0 Å². The molecule has 2 aromatic rings. The van der Waals surface area contributed by atoms with Crippen LogP contribution in [0.2, 0.25) is 0 Å². The summed E-state index contributed by atoms with van der Waals surface area (Å²) in [7, 11) is 0. The van der Waals surface area contributed by atoms with Crippen LogP contribution >= 0.6 is 0 Å². The van der Waals surface area contributed by atoms with Gasteiger partial charge in [-0.25, -0.2) is 4.79 Å². The van der Waals surface area contributed by atoms with Crippen LogP contribution in [0.4, 0.5) is 0 Å². The molecule has 0 aromatic carbocycles. The third kappa shape index (κ3) is 7.90. The fourth-order valence-electron chi connectivity index (χ4n) is 5.44. The SMILES string of the molecule is CCCCCCCCCCn1cc(C[C@H](O[C@@H]2O[C@H](CN)[C@@H](O)[C@H]2O)[C@H]2O[C@@H](n3ccc(=O)[nH]c3=O)[C@H](O)[C@@H]2O)nn1. The highest BCUT2D eigenvalue weighted by Gasteiger charge is 2.51. The van der Waals surface area contributed by atoms with E-state index in [1.54, 1.807) is 10.9 Å². The number of aromatic amines is 1. The van der Waals surface area contributed by atoms with Gasteiger partial charge < -0.3 is 40.4 Å². The number of hydrogen-bond acceptors (Lipinski definition) is 12. The molecule has 236 valence electrons. The summed E-state index contributed by atoms with van der Waals surface area (Å²) < 4.78 is 20.2. The molecule has 15 heteroatoms. The van der Waals surface area contributed by atoms with E-state index in [1.807, 2.05) is 0 Å². The third-order valence-corrected chi connectivity index (χ3v) is 7.86. The summed E-state index contributed by atoms with van der Waals surface area (Å²) in [5.74, 6) is 0. The van der Waals surface area contributed by atoms with Gasteiger partial charge >= 0.3 is 5.69 Å². The van der Waals surface area contributed by atoms with Crippen molar-refractivity contribution >= 4 is 0 Å². The van der Waals surface area contributed by atoms with Crippen molar-refractivity contribution < 1.29 is 34.6 Å². The number of aromatic nitrogens is 5. The molecular formula is C27H44N6O9. The molecule has 42 heavy (non-hydrogen) atoms. The Kier molecular flexibility index (Phi) is 11.8. The van der Waals surface area contributed by atoms with Crippen molar-refractivity contribution in [1.82, 2.24) is 24.5 Å². The topological polar surface area (TPSA) is 220 Å². The van der Waals surface area contributed by atoms with Crippen LogP contribution in [-0.4, -0.2) is 101 Å². The highest BCUT2D eigenvalue weighted by Crippen LogP contribution is 2.34. The maximum absolute atomic E-state index is 12.4. The summed E-state index contributed by atoms with van der Waals surface area (Å²) in [6, 6.07) is 1.09. The molecule has 0 spiro atoms. The van der Waals surface area contributed by atoms with Gasteiger partial charge in [0.1, 0.15) is 36.6 Å². The minimum absolute atomic E-state index is 0.0368. The molecule has 0 unspecified atom stereocenters. The second-order valence-electron chi connectivity index (χ2n) is 11.1. The monoisotopic (exact) mass is 596 g/mol. The Morgan fingerprint density at radius 1 is 1.00 bits per heavy atom. The molecule has 2 aromatic heterocycles. The van der Waals surface area contributed by atoms with Crippen LogP contribution in [0.1, 0.15) is 70.2 Å². The molecule has 0 aliphatic carbocycles. The Morgan fingerprint density at radius 2 is 1.71 bits per heavy atom. The number of aryl methyl sites for hydroxylation is 1. The van der Waals surface area contributed by atoms with E-state index in [0.29, 0.717) is 12.2 Å². The number of nitrogens with zero attached hydrogens (tertiary/aromatic N) is 4. The third-order valence-electron chi connectivity index (χ3n) is 7.86. The first-order valence-electron chi connectivity index (χ1n) is 14.8. The van der Waals surface area contributed by atoms with Crippen LogP contribution in [0.3, 0.4) is 0 Å². The number of hydrogen-bond donors (Lipinski definition) is 6. The molecule has 0 bridgehead atoms. The van der Waals surface area contributed by atoms with Crippen molar-refractivity contribution in [2.24, 2.45) is 5.73 Å². The first-order valence-corrected chi connectivity index (χ1v) is 14.8. The van der Waals surface area contributed by atoms with E-state index < -0.39 is 66.5 Å². The highest BCUT2D eigenvalue weighted by molar-refractivity contribution is 5.02. The second kappa shape index (κ2) is 15.3. The molecule has 2 fully saturated rings. The lowest BCUT2D eigenvalue weighted by atomic mass is 10.0. The van der Waals surface area contributed by atoms with Crippen molar-refractivity contribution in [3.8, 4) is 0 Å². The van der Waals surface area contributed by atoms with Crippen LogP contribution < -0.4 is 17.0 Å². The summed E-state index contributed by atoms with van der Waals surface area (Å²) in [5, 5.41) is 50.9. The largest absolute Gasteiger partial charge is 0.387 e. The minimum Gasteiger partial charge on any atom is -0.387 e. The number of rotatable bonds is 16. The first-order chi connectivity index (χ1) is 20.2. The Morgan fingerprint density at radius 3 is 2.38 bits per heavy atom. The van der Waals surface area contributed by atoms with E-state index in [4.69, 9.17) is 19.9 Å². The van der Waals surface area contributed by atoms with Crippen LogP contribution in [0.5, 0.6) is 0 Å². The summed E-state index contributed by atoms with van der Waals surface area (Å²) in [6.45, 7) is 2.82. The first kappa shape index (κ1) is 32.4. The highest BCUT2D eigenvalue weighted by atomic mass is 16.7. The van der Waals surface area contributed by atoms with E-state index in [-0.39, 0.29) is 13.0 Å². The molecule has 7 N–H and O–H groups in total. The van der Waals surface area contributed by atoms with Crippen LogP contribution in [-0.2, 0) is 27.2 Å². The molecule has 15 nitrogen and oxygen atoms in total. The zero-order valence-electron chi connectivity index (χ0n) is 23.9. The fourth-order valence-corrected chi connectivity index (χ4v) is 5.44. The van der Waals surface area contributed by atoms with Crippen LogP contribution in [0.25, 0.3) is 0 Å². The number of aliphatic hydroxyl groups excluding tert-OH is 4. The molecule has 9 atom stereocenters. The number of nitrogens with one attached hydrogen (secondary N) is 1. The summed E-state index contributed by atoms with van der Waals surface area (Å²) >= 11 is 0. The lowest BCUT2D eigenvalue weighted by molar-refractivity contribution is -0.220. The summed E-state index contributed by atoms with van der Waals surface area (Å²) in [4.78, 5) is 25.9. The van der Waals surface area contributed by atoms with Gasteiger partial charge in [0.15, 0.2) is 12.5 Å². The van der Waals surface area contributed by atoms with E-state index in [2.05, 4.69) is 22.2 Å². The van der Waals surface area contributed by atoms with Gasteiger partial charge in [0.25, 0.3) is 5.56 Å². The van der Waals surface area contributed by atoms with Crippen molar-refractivity contribution in [2.45, 2.75) is 127 Å². The lowest BCUT2D eigenvalue weighted by Crippen LogP contribution is -2.45. The average molecular weight is 597 g/mol. The molecule has 0 saturated carbocycles. The smallest absolute Gasteiger partial charge is 0.330 e. The van der Waals surface area contributed by atoms with Gasteiger partial charge in [-0.3, -0.25) is 19.0 Å². The lowest BCUT2D eigenvalue weighted by Gasteiger charge is -2.29. The summed E-state index contributed by atoms with van der Waals surface area (Å²) in [5.41, 5.74) is 4.67. The van der Waals surface area contributed by atoms with Gasteiger partial charge in [-0.15, -0.1) is 5.10 Å². The Bertz CT molecular complexity index is 1220. The molecule has 4 rings (SSSR count). The molecule has 0 radical (unpaired) electrons. The van der Waals surface area contributed by atoms with Gasteiger partial charge in [0.05, 0.1) is 11.8 Å². The minimum atomic E-state index is -1.56. The number of unbranched alkanes of at least 4 members (excludes halogenated alkanes) is 7. The maximum Gasteiger partial charge on any atom is 0.330 e. The predicted molar refractivity (Wildman–Crippen MR) is 148 cm³/mol. The molecular weight excluding hydrogens is 552 g/mol. The van der Waals surface area contributed by atoms with Gasteiger partial charge in [0.2, 0.25) is 0 Å². The Hall–Kier alpha value is -2.50. The normalized spacial score (nSPS) is 30.2. The van der Waals surface area contributed by atoms with E-state index in [0.717, 1.165) is 29.7 Å². The molecule has 0 amide bonds. The molecule has 2 saturated heterocycles. The van der Waals surface area contributed by atoms with E-state index in [9.17, 15) is 30.0 Å². The standard InChI is InChI=1S/C27H44N6O9/c1-2-3-4-5-6-7-8-9-11-32-15-16(30-31-32)13-17(40-26-23(38)20(35)18(14-28)41-26)24-21(36)22(37)25(42-24)33-12-10-19(34)29-27(33)39/h10,12,15,17-18,20-26,35-38H,2-9,11,13-14,28H2,1H3,(H,29,34,39)/t17-,18+,20+,21-,22+,23+,24+,25+,26+/m0/s1. The van der Waals surface area contributed by atoms with Crippen LogP contribution in [0.15, 0.2) is 28.0 Å². The molecule has 4 heterocycles. The zero-order chi connectivity index (χ0) is 30.2. The zero-order valence-corrected chi connectivity index (χ0v) is 23.9. The maximum atomic E-state index is 12.4. The predicted octanol–water partition coefficient (Wildman–Crippen LogP) is -1.08. The van der Waals surface area contributed by atoms with Gasteiger partial charge in [0, 0.05) is 38.0 Å². The van der Waals surface area contributed by atoms with Crippen molar-refractivity contribution in [1.29, 1.82) is 0 Å². The number of nitrogens with two attached hydrogens (primary N) is 1. The second-order valence-corrected chi connectivity index (χ2v) is 11.1. The quantitative estimate of drug-likeness (QED) is 0.127. The number of aliphatic hydroxyl groups is 4. The Labute approximate surface area is 243 Å². The number of ether oxygens (including phenoxy) is 3. The molecule has 2 aliphatic heterocycles. The van der Waals surface area contributed by atoms with Gasteiger partial charge in [-0.1, -0.05) is 57.1 Å². The Balaban J connectivity index is 1.44. The number of H-pyrrole nitrogens is 1. The fraction of sp³-hybridized carbons (Fsp3) is 0.778. The summed E-state index contributed by atoms with van der Waals surface area (Å²) in [6.07, 6.45) is 0.803. The van der Waals surface area contributed by atoms with Gasteiger partial charge in [-0.2, -0.15) is 0 Å².